The number of hydrogen-bond donors (Lipinski definition) is 0. The van der Waals surface area contributed by atoms with Crippen LogP contribution >= 0.6 is 0 Å². The molecule has 2 heterocycles. The van der Waals surface area contributed by atoms with Crippen molar-refractivity contribution in [1.29, 1.82) is 0 Å². The summed E-state index contributed by atoms with van der Waals surface area (Å²) in [5.41, 5.74) is 3.75. The van der Waals surface area contributed by atoms with Crippen molar-refractivity contribution in [3.8, 4) is 0 Å². The Balaban J connectivity index is 1.66. The van der Waals surface area contributed by atoms with Crippen LogP contribution in [0.3, 0.4) is 0 Å². The fourth-order valence-electron chi connectivity index (χ4n) is 4.51. The molecular formula is C27H25N3O2. The summed E-state index contributed by atoms with van der Waals surface area (Å²) in [6.45, 7) is 4.47. The largest absolute Gasteiger partial charge is 0.327 e. The first kappa shape index (κ1) is 20.2. The highest BCUT2D eigenvalue weighted by molar-refractivity contribution is 5.84. The van der Waals surface area contributed by atoms with E-state index in [0.717, 1.165) is 16.7 Å². The maximum absolute atomic E-state index is 13.8. The van der Waals surface area contributed by atoms with Crippen LogP contribution in [0.1, 0.15) is 41.5 Å². The van der Waals surface area contributed by atoms with Gasteiger partial charge in [0.15, 0.2) is 0 Å². The van der Waals surface area contributed by atoms with Gasteiger partial charge in [0.05, 0.1) is 16.9 Å². The van der Waals surface area contributed by atoms with Crippen molar-refractivity contribution in [3.63, 3.8) is 0 Å². The van der Waals surface area contributed by atoms with E-state index in [-0.39, 0.29) is 17.5 Å². The second-order valence-corrected chi connectivity index (χ2v) is 8.50. The number of aromatic nitrogens is 2. The number of nitrogens with zero attached hydrogens (tertiary/aromatic N) is 3. The van der Waals surface area contributed by atoms with Gasteiger partial charge in [0, 0.05) is 13.0 Å². The summed E-state index contributed by atoms with van der Waals surface area (Å²) in [6, 6.07) is 24.5. The summed E-state index contributed by atoms with van der Waals surface area (Å²) < 4.78 is 1.64. The Kier molecular flexibility index (Phi) is 5.10. The van der Waals surface area contributed by atoms with Crippen molar-refractivity contribution in [1.82, 2.24) is 14.5 Å². The highest BCUT2D eigenvalue weighted by Gasteiger charge is 2.39. The molecule has 5 rings (SSSR count). The molecule has 5 heteroatoms. The number of carbonyl (C=O) groups excluding carboxylic acids is 1. The molecule has 0 unspecified atom stereocenters. The number of amides is 1. The Hall–Kier alpha value is -3.73. The second-order valence-electron chi connectivity index (χ2n) is 8.50. The minimum atomic E-state index is -0.628. The fraction of sp³-hybridized carbons (Fsp3) is 0.222. The highest BCUT2D eigenvalue weighted by atomic mass is 16.2. The van der Waals surface area contributed by atoms with Gasteiger partial charge >= 0.3 is 0 Å². The zero-order valence-electron chi connectivity index (χ0n) is 18.2. The van der Waals surface area contributed by atoms with E-state index in [1.165, 1.54) is 0 Å². The van der Waals surface area contributed by atoms with E-state index in [4.69, 9.17) is 4.98 Å². The number of para-hydroxylation sites is 1. The lowest BCUT2D eigenvalue weighted by Crippen LogP contribution is -2.49. The van der Waals surface area contributed by atoms with Gasteiger partial charge in [-0.3, -0.25) is 14.2 Å². The number of hydrogen-bond acceptors (Lipinski definition) is 3. The lowest BCUT2D eigenvalue weighted by molar-refractivity contribution is -0.140. The van der Waals surface area contributed by atoms with Crippen LogP contribution in [0, 0.1) is 6.92 Å². The zero-order valence-corrected chi connectivity index (χ0v) is 18.2. The molecule has 0 aliphatic carbocycles. The highest BCUT2D eigenvalue weighted by Crippen LogP contribution is 2.33. The molecule has 3 aromatic carbocycles. The third kappa shape index (κ3) is 3.50. The molecule has 5 nitrogen and oxygen atoms in total. The van der Waals surface area contributed by atoms with E-state index in [0.29, 0.717) is 29.7 Å². The summed E-state index contributed by atoms with van der Waals surface area (Å²) in [6.07, 6.45) is 0.448. The van der Waals surface area contributed by atoms with E-state index in [2.05, 4.69) is 0 Å². The first-order valence-electron chi connectivity index (χ1n) is 10.9. The standard InChI is InChI=1S/C27H25N3O2/c1-18-12-14-20(15-13-18)16-24-27(32)29(17-21-8-4-3-5-9-21)19(2)25-28-23-11-7-6-10-22(23)26(31)30(24)25/h3-15,19,24H,16-17H2,1-2H3/t19-,24+/m0/s1. The summed E-state index contributed by atoms with van der Waals surface area (Å²) >= 11 is 0. The van der Waals surface area contributed by atoms with E-state index >= 15 is 0 Å². The van der Waals surface area contributed by atoms with Crippen LogP contribution in [0.2, 0.25) is 0 Å². The van der Waals surface area contributed by atoms with Crippen molar-refractivity contribution < 1.29 is 4.79 Å². The van der Waals surface area contributed by atoms with E-state index in [1.54, 1.807) is 10.6 Å². The number of rotatable bonds is 4. The van der Waals surface area contributed by atoms with Crippen molar-refractivity contribution in [2.45, 2.75) is 38.9 Å². The Morgan fingerprint density at radius 2 is 1.53 bits per heavy atom. The van der Waals surface area contributed by atoms with Crippen LogP contribution in [-0.2, 0) is 17.8 Å². The van der Waals surface area contributed by atoms with E-state index < -0.39 is 6.04 Å². The predicted octanol–water partition coefficient (Wildman–Crippen LogP) is 4.59. The maximum Gasteiger partial charge on any atom is 0.262 e. The Morgan fingerprint density at radius 3 is 2.28 bits per heavy atom. The van der Waals surface area contributed by atoms with Crippen LogP contribution < -0.4 is 5.56 Å². The monoisotopic (exact) mass is 423 g/mol. The molecule has 2 atom stereocenters. The third-order valence-corrected chi connectivity index (χ3v) is 6.30. The molecule has 0 bridgehead atoms. The molecule has 0 fully saturated rings. The number of benzene rings is 3. The van der Waals surface area contributed by atoms with Gasteiger partial charge in [-0.05, 0) is 37.1 Å². The molecule has 1 aromatic heterocycles. The van der Waals surface area contributed by atoms with Crippen LogP contribution in [0.25, 0.3) is 10.9 Å². The van der Waals surface area contributed by atoms with Crippen molar-refractivity contribution in [2.24, 2.45) is 0 Å². The van der Waals surface area contributed by atoms with Gasteiger partial charge in [-0.1, -0.05) is 72.3 Å². The molecular weight excluding hydrogens is 398 g/mol. The molecule has 0 N–H and O–H groups in total. The summed E-state index contributed by atoms with van der Waals surface area (Å²) in [4.78, 5) is 34.0. The van der Waals surface area contributed by atoms with E-state index in [1.807, 2.05) is 91.5 Å². The topological polar surface area (TPSA) is 55.2 Å². The smallest absolute Gasteiger partial charge is 0.262 e. The van der Waals surface area contributed by atoms with Crippen LogP contribution in [0.5, 0.6) is 0 Å². The Morgan fingerprint density at radius 1 is 0.844 bits per heavy atom. The average molecular weight is 424 g/mol. The van der Waals surface area contributed by atoms with E-state index in [9.17, 15) is 9.59 Å². The number of carbonyl (C=O) groups is 1. The van der Waals surface area contributed by atoms with Gasteiger partial charge in [-0.25, -0.2) is 4.98 Å². The number of fused-ring (bicyclic) bond motifs is 2. The van der Waals surface area contributed by atoms with Crippen LogP contribution in [0.15, 0.2) is 83.7 Å². The van der Waals surface area contributed by atoms with Crippen LogP contribution in [-0.4, -0.2) is 20.4 Å². The first-order chi connectivity index (χ1) is 15.5. The predicted molar refractivity (Wildman–Crippen MR) is 125 cm³/mol. The SMILES string of the molecule is Cc1ccc(C[C@@H]2C(=O)N(Cc3ccccc3)[C@@H](C)c3nc4ccccc4c(=O)n32)cc1. The van der Waals surface area contributed by atoms with Gasteiger partial charge < -0.3 is 4.90 Å². The summed E-state index contributed by atoms with van der Waals surface area (Å²) in [5.74, 6) is 0.593. The summed E-state index contributed by atoms with van der Waals surface area (Å²) in [5, 5.41) is 0.543. The quantitative estimate of drug-likeness (QED) is 0.482. The van der Waals surface area contributed by atoms with Crippen molar-refractivity contribution in [3.05, 3.63) is 112 Å². The molecule has 0 saturated carbocycles. The lowest BCUT2D eigenvalue weighted by atomic mass is 9.98. The minimum Gasteiger partial charge on any atom is -0.327 e. The molecule has 1 aliphatic heterocycles. The second kappa shape index (κ2) is 8.08. The normalized spacial score (nSPS) is 18.1. The molecule has 4 aromatic rings. The average Bonchev–Trinajstić information content (AvgIpc) is 2.82. The molecule has 1 amide bonds. The fourth-order valence-corrected chi connectivity index (χ4v) is 4.51. The minimum absolute atomic E-state index is 0.0476. The Bertz CT molecular complexity index is 1340. The van der Waals surface area contributed by atoms with Crippen molar-refractivity contribution >= 4 is 16.8 Å². The summed E-state index contributed by atoms with van der Waals surface area (Å²) in [7, 11) is 0. The molecule has 0 saturated heterocycles. The zero-order chi connectivity index (χ0) is 22.2. The lowest BCUT2D eigenvalue weighted by Gasteiger charge is -2.39. The molecule has 32 heavy (non-hydrogen) atoms. The van der Waals surface area contributed by atoms with Crippen molar-refractivity contribution in [2.75, 3.05) is 0 Å². The molecule has 160 valence electrons. The van der Waals surface area contributed by atoms with Gasteiger partial charge in [0.2, 0.25) is 5.91 Å². The third-order valence-electron chi connectivity index (χ3n) is 6.30. The molecule has 1 aliphatic rings. The molecule has 0 spiro atoms. The Labute approximate surface area is 187 Å². The van der Waals surface area contributed by atoms with Gasteiger partial charge in [0.1, 0.15) is 11.9 Å². The molecule has 0 radical (unpaired) electrons. The van der Waals surface area contributed by atoms with Gasteiger partial charge in [-0.2, -0.15) is 0 Å². The first-order valence-corrected chi connectivity index (χ1v) is 10.9. The van der Waals surface area contributed by atoms with Crippen LogP contribution in [0.4, 0.5) is 0 Å². The van der Waals surface area contributed by atoms with Gasteiger partial charge in [0.25, 0.3) is 5.56 Å². The van der Waals surface area contributed by atoms with Gasteiger partial charge in [-0.15, -0.1) is 0 Å². The maximum atomic E-state index is 13.8. The number of aryl methyl sites for hydroxylation is 1.